The lowest BCUT2D eigenvalue weighted by molar-refractivity contribution is -0.124. The van der Waals surface area contributed by atoms with Gasteiger partial charge in [-0.3, -0.25) is 9.69 Å². The first kappa shape index (κ1) is 16.0. The summed E-state index contributed by atoms with van der Waals surface area (Å²) in [4.78, 5) is 14.4. The van der Waals surface area contributed by atoms with Crippen LogP contribution in [0.4, 0.5) is 0 Å². The minimum atomic E-state index is -0.479. The molecule has 0 bridgehead atoms. The molecule has 1 saturated heterocycles. The Morgan fingerprint density at radius 1 is 1.42 bits per heavy atom. The minimum Gasteiger partial charge on any atom is -0.339 e. The summed E-state index contributed by atoms with van der Waals surface area (Å²) in [6.07, 6.45) is 8.17. The van der Waals surface area contributed by atoms with Gasteiger partial charge in [0.15, 0.2) is 0 Å². The monoisotopic (exact) mass is 265 g/mol. The molecule has 0 aromatic rings. The Kier molecular flexibility index (Phi) is 6.33. The van der Waals surface area contributed by atoms with Crippen LogP contribution in [0.3, 0.4) is 0 Å². The summed E-state index contributed by atoms with van der Waals surface area (Å²) in [5.41, 5.74) is -0.479. The molecule has 0 aromatic carbocycles. The zero-order valence-electron chi connectivity index (χ0n) is 12.5. The zero-order chi connectivity index (χ0) is 14.3. The first-order valence-corrected chi connectivity index (χ1v) is 7.34. The van der Waals surface area contributed by atoms with E-state index in [4.69, 9.17) is 6.42 Å². The molecule has 1 fully saturated rings. The highest BCUT2D eigenvalue weighted by atomic mass is 16.2. The third-order valence-electron chi connectivity index (χ3n) is 4.00. The molecule has 0 radical (unpaired) electrons. The van der Waals surface area contributed by atoms with E-state index in [1.165, 1.54) is 0 Å². The highest BCUT2D eigenvalue weighted by Gasteiger charge is 2.29. The van der Waals surface area contributed by atoms with Gasteiger partial charge in [0.25, 0.3) is 0 Å². The van der Waals surface area contributed by atoms with Gasteiger partial charge in [0.05, 0.1) is 6.54 Å². The summed E-state index contributed by atoms with van der Waals surface area (Å²) < 4.78 is 0. The highest BCUT2D eigenvalue weighted by Crippen LogP contribution is 2.14. The van der Waals surface area contributed by atoms with Crippen molar-refractivity contribution in [3.05, 3.63) is 0 Å². The molecule has 1 amide bonds. The van der Waals surface area contributed by atoms with Gasteiger partial charge in [0, 0.05) is 19.1 Å². The molecular formula is C15H27N3O. The maximum atomic E-state index is 12.2. The van der Waals surface area contributed by atoms with Crippen molar-refractivity contribution in [2.75, 3.05) is 26.2 Å². The van der Waals surface area contributed by atoms with E-state index in [0.717, 1.165) is 38.9 Å². The predicted molar refractivity (Wildman–Crippen MR) is 78.8 cm³/mol. The largest absolute Gasteiger partial charge is 0.339 e. The first-order valence-electron chi connectivity index (χ1n) is 7.34. The van der Waals surface area contributed by atoms with Crippen LogP contribution >= 0.6 is 0 Å². The van der Waals surface area contributed by atoms with Crippen LogP contribution in [0.25, 0.3) is 0 Å². The van der Waals surface area contributed by atoms with Crippen LogP contribution in [0.2, 0.25) is 0 Å². The molecule has 1 rings (SSSR count). The van der Waals surface area contributed by atoms with Gasteiger partial charge in [-0.1, -0.05) is 26.7 Å². The quantitative estimate of drug-likeness (QED) is 0.643. The van der Waals surface area contributed by atoms with Crippen molar-refractivity contribution in [3.63, 3.8) is 0 Å². The molecule has 0 saturated carbocycles. The number of rotatable bonds is 8. The molecule has 1 aliphatic heterocycles. The van der Waals surface area contributed by atoms with E-state index in [9.17, 15) is 4.79 Å². The third-order valence-corrected chi connectivity index (χ3v) is 4.00. The Hall–Kier alpha value is -1.05. The van der Waals surface area contributed by atoms with Crippen LogP contribution < -0.4 is 10.6 Å². The average Bonchev–Trinajstić information content (AvgIpc) is 2.34. The van der Waals surface area contributed by atoms with E-state index in [-0.39, 0.29) is 5.91 Å². The maximum absolute atomic E-state index is 12.2. The molecule has 4 heteroatoms. The summed E-state index contributed by atoms with van der Waals surface area (Å²) in [6, 6.07) is 0.495. The Morgan fingerprint density at radius 2 is 2.05 bits per heavy atom. The molecule has 0 atom stereocenters. The van der Waals surface area contributed by atoms with Crippen molar-refractivity contribution in [1.82, 2.24) is 15.5 Å². The summed E-state index contributed by atoms with van der Waals surface area (Å²) >= 11 is 0. The molecule has 19 heavy (non-hydrogen) atoms. The standard InChI is InChI=1S/C15H27N3O/c1-5-9-18(13-10-16-11-13)12-14(19)17-15(6-2,7-3)8-4/h2,13,16H,5,7-12H2,1,3-4H3,(H,17,19). The Morgan fingerprint density at radius 3 is 2.42 bits per heavy atom. The third kappa shape index (κ3) is 4.22. The van der Waals surface area contributed by atoms with Gasteiger partial charge >= 0.3 is 0 Å². The second-order valence-electron chi connectivity index (χ2n) is 5.26. The van der Waals surface area contributed by atoms with Gasteiger partial charge < -0.3 is 10.6 Å². The fourth-order valence-electron chi connectivity index (χ4n) is 2.37. The lowest BCUT2D eigenvalue weighted by Gasteiger charge is -2.38. The van der Waals surface area contributed by atoms with Gasteiger partial charge in [-0.2, -0.15) is 0 Å². The SMILES string of the molecule is C#CC(CC)(CC)NC(=O)CN(CCC)C1CNC1. The van der Waals surface area contributed by atoms with E-state index in [0.29, 0.717) is 12.6 Å². The molecule has 0 aliphatic carbocycles. The van der Waals surface area contributed by atoms with Gasteiger partial charge in [0.2, 0.25) is 5.91 Å². The normalized spacial score (nSPS) is 15.9. The van der Waals surface area contributed by atoms with Crippen LogP contribution in [0, 0.1) is 12.3 Å². The highest BCUT2D eigenvalue weighted by molar-refractivity contribution is 5.79. The van der Waals surface area contributed by atoms with Crippen molar-refractivity contribution in [3.8, 4) is 12.3 Å². The number of hydrogen-bond donors (Lipinski definition) is 2. The number of nitrogens with zero attached hydrogens (tertiary/aromatic N) is 1. The van der Waals surface area contributed by atoms with Crippen LogP contribution in [0.5, 0.6) is 0 Å². The van der Waals surface area contributed by atoms with Gasteiger partial charge in [-0.05, 0) is 25.8 Å². The number of carbonyl (C=O) groups is 1. The molecule has 2 N–H and O–H groups in total. The van der Waals surface area contributed by atoms with Gasteiger partial charge in [-0.25, -0.2) is 0 Å². The molecule has 1 aliphatic rings. The van der Waals surface area contributed by atoms with Crippen molar-refractivity contribution >= 4 is 5.91 Å². The van der Waals surface area contributed by atoms with Gasteiger partial charge in [0.1, 0.15) is 5.54 Å². The average molecular weight is 265 g/mol. The van der Waals surface area contributed by atoms with E-state index in [2.05, 4.69) is 28.4 Å². The number of nitrogens with one attached hydrogen (secondary N) is 2. The smallest absolute Gasteiger partial charge is 0.235 e. The number of carbonyl (C=O) groups excluding carboxylic acids is 1. The Balaban J connectivity index is 2.54. The van der Waals surface area contributed by atoms with E-state index >= 15 is 0 Å². The number of amides is 1. The van der Waals surface area contributed by atoms with Crippen LogP contribution in [-0.2, 0) is 4.79 Å². The Bertz CT molecular complexity index is 327. The minimum absolute atomic E-state index is 0.0435. The molecule has 1 heterocycles. The lowest BCUT2D eigenvalue weighted by Crippen LogP contribution is -2.60. The van der Waals surface area contributed by atoms with Crippen molar-refractivity contribution in [2.24, 2.45) is 0 Å². The van der Waals surface area contributed by atoms with Gasteiger partial charge in [-0.15, -0.1) is 6.42 Å². The van der Waals surface area contributed by atoms with E-state index in [1.807, 2.05) is 13.8 Å². The van der Waals surface area contributed by atoms with Crippen molar-refractivity contribution in [1.29, 1.82) is 0 Å². The molecule has 4 nitrogen and oxygen atoms in total. The number of terminal acetylenes is 1. The summed E-state index contributed by atoms with van der Waals surface area (Å²) in [7, 11) is 0. The second-order valence-corrected chi connectivity index (χ2v) is 5.26. The summed E-state index contributed by atoms with van der Waals surface area (Å²) in [6.45, 7) is 9.54. The molecular weight excluding hydrogens is 238 g/mol. The number of hydrogen-bond acceptors (Lipinski definition) is 3. The molecule has 0 aromatic heterocycles. The van der Waals surface area contributed by atoms with Crippen molar-refractivity contribution < 1.29 is 4.79 Å². The fourth-order valence-corrected chi connectivity index (χ4v) is 2.37. The Labute approximate surface area is 117 Å². The topological polar surface area (TPSA) is 44.4 Å². The zero-order valence-corrected chi connectivity index (χ0v) is 12.5. The van der Waals surface area contributed by atoms with Crippen LogP contribution in [-0.4, -0.2) is 48.6 Å². The second kappa shape index (κ2) is 7.52. The lowest BCUT2D eigenvalue weighted by atomic mass is 9.94. The van der Waals surface area contributed by atoms with Crippen molar-refractivity contribution in [2.45, 2.75) is 51.6 Å². The maximum Gasteiger partial charge on any atom is 0.235 e. The van der Waals surface area contributed by atoms with E-state index in [1.54, 1.807) is 0 Å². The van der Waals surface area contributed by atoms with Crippen LogP contribution in [0.15, 0.2) is 0 Å². The molecule has 108 valence electrons. The predicted octanol–water partition coefficient (Wildman–Crippen LogP) is 0.978. The summed E-state index contributed by atoms with van der Waals surface area (Å²) in [5, 5.41) is 6.28. The van der Waals surface area contributed by atoms with E-state index < -0.39 is 5.54 Å². The van der Waals surface area contributed by atoms with Crippen LogP contribution in [0.1, 0.15) is 40.0 Å². The first-order chi connectivity index (χ1) is 9.10. The summed E-state index contributed by atoms with van der Waals surface area (Å²) in [5.74, 6) is 2.79. The fraction of sp³-hybridized carbons (Fsp3) is 0.800. The molecule has 0 unspecified atom stereocenters. The molecule has 0 spiro atoms.